The number of nitrogens with one attached hydrogen (secondary N) is 1. The average molecular weight is 451 g/mol. The molecule has 1 amide bonds. The third-order valence-corrected chi connectivity index (χ3v) is 7.63. The monoisotopic (exact) mass is 450 g/mol. The van der Waals surface area contributed by atoms with Gasteiger partial charge in [0.05, 0.1) is 12.5 Å². The highest BCUT2D eigenvalue weighted by Crippen LogP contribution is 2.36. The largest absolute Gasteiger partial charge is 0.495 e. The predicted octanol–water partition coefficient (Wildman–Crippen LogP) is 3.76. The summed E-state index contributed by atoms with van der Waals surface area (Å²) < 4.78 is 33.2. The molecule has 1 atom stereocenters. The van der Waals surface area contributed by atoms with Crippen LogP contribution in [0.3, 0.4) is 0 Å². The summed E-state index contributed by atoms with van der Waals surface area (Å²) in [4.78, 5) is 13.0. The maximum absolute atomic E-state index is 13.3. The number of carbonyl (C=O) groups is 1. The van der Waals surface area contributed by atoms with E-state index in [4.69, 9.17) is 16.3 Å². The van der Waals surface area contributed by atoms with E-state index in [-0.39, 0.29) is 23.1 Å². The van der Waals surface area contributed by atoms with Gasteiger partial charge >= 0.3 is 0 Å². The first-order valence-electron chi connectivity index (χ1n) is 9.83. The lowest BCUT2D eigenvalue weighted by molar-refractivity contribution is -0.132. The van der Waals surface area contributed by atoms with Gasteiger partial charge in [0.2, 0.25) is 15.9 Å². The summed E-state index contributed by atoms with van der Waals surface area (Å²) in [6.45, 7) is 4.68. The molecule has 2 aromatic rings. The number of sulfonamides is 1. The maximum atomic E-state index is 13.3. The van der Waals surface area contributed by atoms with E-state index < -0.39 is 15.4 Å². The van der Waals surface area contributed by atoms with Gasteiger partial charge in [-0.15, -0.1) is 0 Å². The van der Waals surface area contributed by atoms with E-state index in [2.05, 4.69) is 5.32 Å². The Balaban J connectivity index is 1.77. The number of amides is 1. The highest BCUT2D eigenvalue weighted by Gasteiger charge is 2.42. The molecular weight excluding hydrogens is 424 g/mol. The molecule has 0 saturated carbocycles. The van der Waals surface area contributed by atoms with Crippen LogP contribution in [0, 0.1) is 12.3 Å². The van der Waals surface area contributed by atoms with Crippen molar-refractivity contribution in [3.63, 3.8) is 0 Å². The molecule has 8 heteroatoms. The molecule has 1 saturated heterocycles. The molecule has 30 heavy (non-hydrogen) atoms. The number of rotatable bonds is 6. The lowest BCUT2D eigenvalue weighted by atomic mass is 9.82. The van der Waals surface area contributed by atoms with Gasteiger partial charge in [-0.3, -0.25) is 4.79 Å². The summed E-state index contributed by atoms with van der Waals surface area (Å²) in [6, 6.07) is 12.4. The van der Waals surface area contributed by atoms with Gasteiger partial charge in [-0.05, 0) is 50.5 Å². The van der Waals surface area contributed by atoms with Crippen LogP contribution in [-0.2, 0) is 21.4 Å². The Morgan fingerprint density at radius 1 is 1.23 bits per heavy atom. The Morgan fingerprint density at radius 3 is 2.60 bits per heavy atom. The van der Waals surface area contributed by atoms with Gasteiger partial charge in [0.1, 0.15) is 10.6 Å². The third-order valence-electron chi connectivity index (χ3n) is 5.53. The lowest BCUT2D eigenvalue weighted by Gasteiger charge is -2.38. The minimum atomic E-state index is -3.86. The van der Waals surface area contributed by atoms with E-state index in [1.54, 1.807) is 6.07 Å². The molecule has 1 aliphatic heterocycles. The molecule has 1 aliphatic rings. The Bertz CT molecular complexity index is 1020. The van der Waals surface area contributed by atoms with Crippen LogP contribution in [0.4, 0.5) is 0 Å². The highest BCUT2D eigenvalue weighted by atomic mass is 35.5. The van der Waals surface area contributed by atoms with Crippen LogP contribution >= 0.6 is 11.6 Å². The summed E-state index contributed by atoms with van der Waals surface area (Å²) in [5, 5.41) is 3.28. The molecule has 0 aromatic heterocycles. The van der Waals surface area contributed by atoms with Crippen molar-refractivity contribution in [2.75, 3.05) is 20.2 Å². The van der Waals surface area contributed by atoms with Crippen LogP contribution < -0.4 is 10.1 Å². The molecule has 1 N–H and O–H groups in total. The molecule has 6 nitrogen and oxygen atoms in total. The Labute approximate surface area is 183 Å². The zero-order chi connectivity index (χ0) is 21.9. The van der Waals surface area contributed by atoms with Gasteiger partial charge in [0, 0.05) is 24.7 Å². The topological polar surface area (TPSA) is 75.7 Å². The molecule has 0 bridgehead atoms. The fourth-order valence-corrected chi connectivity index (χ4v) is 5.70. The van der Waals surface area contributed by atoms with Crippen molar-refractivity contribution in [1.82, 2.24) is 9.62 Å². The molecule has 1 fully saturated rings. The fraction of sp³-hybridized carbons (Fsp3) is 0.409. The Hall–Kier alpha value is -2.09. The second-order valence-corrected chi connectivity index (χ2v) is 10.3. The highest BCUT2D eigenvalue weighted by molar-refractivity contribution is 7.89. The number of carbonyl (C=O) groups excluding carboxylic acids is 1. The first-order valence-corrected chi connectivity index (χ1v) is 11.6. The van der Waals surface area contributed by atoms with Gasteiger partial charge in [0.25, 0.3) is 0 Å². The molecule has 162 valence electrons. The quantitative estimate of drug-likeness (QED) is 0.726. The van der Waals surface area contributed by atoms with Crippen LogP contribution in [0.2, 0.25) is 5.02 Å². The van der Waals surface area contributed by atoms with Crippen molar-refractivity contribution >= 4 is 27.5 Å². The smallest absolute Gasteiger partial charge is 0.246 e. The second-order valence-electron chi connectivity index (χ2n) is 7.97. The van der Waals surface area contributed by atoms with Crippen molar-refractivity contribution in [3.8, 4) is 5.75 Å². The van der Waals surface area contributed by atoms with E-state index in [1.165, 1.54) is 23.5 Å². The normalized spacial score (nSPS) is 20.0. The maximum Gasteiger partial charge on any atom is 0.246 e. The molecule has 2 aromatic carbocycles. The summed E-state index contributed by atoms with van der Waals surface area (Å²) in [6.07, 6.45) is 1.21. The molecule has 1 unspecified atom stereocenters. The van der Waals surface area contributed by atoms with Crippen LogP contribution in [0.25, 0.3) is 0 Å². The minimum Gasteiger partial charge on any atom is -0.495 e. The summed E-state index contributed by atoms with van der Waals surface area (Å²) in [7, 11) is -2.44. The second kappa shape index (κ2) is 8.96. The lowest BCUT2D eigenvalue weighted by Crippen LogP contribution is -2.51. The number of aryl methyl sites for hydroxylation is 1. The summed E-state index contributed by atoms with van der Waals surface area (Å²) >= 11 is 6.03. The van der Waals surface area contributed by atoms with E-state index in [1.807, 2.05) is 38.1 Å². The number of hydrogen-bond acceptors (Lipinski definition) is 4. The Morgan fingerprint density at radius 2 is 1.93 bits per heavy atom. The molecule has 3 rings (SSSR count). The Kier molecular flexibility index (Phi) is 6.75. The van der Waals surface area contributed by atoms with Gasteiger partial charge in [0.15, 0.2) is 0 Å². The number of hydrogen-bond donors (Lipinski definition) is 1. The van der Waals surface area contributed by atoms with Crippen molar-refractivity contribution in [1.29, 1.82) is 0 Å². The summed E-state index contributed by atoms with van der Waals surface area (Å²) in [5.41, 5.74) is 1.34. The van der Waals surface area contributed by atoms with Gasteiger partial charge < -0.3 is 10.1 Å². The minimum absolute atomic E-state index is 0.0156. The zero-order valence-corrected chi connectivity index (χ0v) is 19.0. The average Bonchev–Trinajstić information content (AvgIpc) is 2.73. The SMILES string of the molecule is COc1ccc(Cl)cc1S(=O)(=O)N1CCCC(C)(C(=O)NCc2ccc(C)cc2)C1. The van der Waals surface area contributed by atoms with E-state index in [0.29, 0.717) is 31.0 Å². The van der Waals surface area contributed by atoms with Crippen LogP contribution in [0.1, 0.15) is 30.9 Å². The van der Waals surface area contributed by atoms with E-state index in [0.717, 1.165) is 11.1 Å². The van der Waals surface area contributed by atoms with Crippen LogP contribution in [-0.4, -0.2) is 38.8 Å². The number of nitrogens with zero attached hydrogens (tertiary/aromatic N) is 1. The van der Waals surface area contributed by atoms with Crippen molar-refractivity contribution in [2.45, 2.75) is 38.1 Å². The molecule has 0 spiro atoms. The third kappa shape index (κ3) is 4.79. The molecule has 0 aliphatic carbocycles. The number of ether oxygens (including phenoxy) is 1. The molecular formula is C22H27ClN2O4S. The number of halogens is 1. The predicted molar refractivity (Wildman–Crippen MR) is 117 cm³/mol. The standard InChI is InChI=1S/C22H27ClN2O4S/c1-16-5-7-17(8-6-16)14-24-21(26)22(2)11-4-12-25(15-22)30(27,28)20-13-18(23)9-10-19(20)29-3/h5-10,13H,4,11-12,14-15H2,1-3H3,(H,24,26). The van der Waals surface area contributed by atoms with E-state index >= 15 is 0 Å². The first kappa shape index (κ1) is 22.6. The van der Waals surface area contributed by atoms with Crippen LogP contribution in [0.5, 0.6) is 5.75 Å². The van der Waals surface area contributed by atoms with E-state index in [9.17, 15) is 13.2 Å². The van der Waals surface area contributed by atoms with Gasteiger partial charge in [-0.25, -0.2) is 8.42 Å². The van der Waals surface area contributed by atoms with Crippen LogP contribution in [0.15, 0.2) is 47.4 Å². The summed E-state index contributed by atoms with van der Waals surface area (Å²) in [5.74, 6) is 0.0801. The molecule has 1 heterocycles. The van der Waals surface area contributed by atoms with Gasteiger partial charge in [-0.1, -0.05) is 41.4 Å². The number of benzene rings is 2. The van der Waals surface area contributed by atoms with Crippen molar-refractivity contribution < 1.29 is 17.9 Å². The number of piperidine rings is 1. The van der Waals surface area contributed by atoms with Crippen molar-refractivity contribution in [3.05, 3.63) is 58.6 Å². The number of methoxy groups -OCH3 is 1. The van der Waals surface area contributed by atoms with Crippen molar-refractivity contribution in [2.24, 2.45) is 5.41 Å². The zero-order valence-electron chi connectivity index (χ0n) is 17.4. The fourth-order valence-electron chi connectivity index (χ4n) is 3.68. The van der Waals surface area contributed by atoms with Gasteiger partial charge in [-0.2, -0.15) is 4.31 Å². The first-order chi connectivity index (χ1) is 14.2. The molecule has 0 radical (unpaired) electrons.